The van der Waals surface area contributed by atoms with Gasteiger partial charge in [-0.1, -0.05) is 42.1 Å². The predicted molar refractivity (Wildman–Crippen MR) is 103 cm³/mol. The Hall–Kier alpha value is -2.32. The van der Waals surface area contributed by atoms with Gasteiger partial charge in [-0.2, -0.15) is 8.42 Å². The average Bonchev–Trinajstić information content (AvgIpc) is 2.88. The van der Waals surface area contributed by atoms with Crippen molar-refractivity contribution < 1.29 is 17.9 Å². The Morgan fingerprint density at radius 2 is 1.77 bits per heavy atom. The SMILES string of the molecule is COc1ccccc1N1C(=O)C(C)S/C1=N\S(=O)(=O)c1ccccc1C. The van der Waals surface area contributed by atoms with Gasteiger partial charge in [-0.25, -0.2) is 0 Å². The van der Waals surface area contributed by atoms with Crippen LogP contribution in [0.4, 0.5) is 5.69 Å². The first-order chi connectivity index (χ1) is 12.3. The van der Waals surface area contributed by atoms with Crippen molar-refractivity contribution in [2.24, 2.45) is 4.40 Å². The molecule has 0 spiro atoms. The second kappa shape index (κ2) is 7.13. The molecule has 0 aliphatic carbocycles. The molecule has 8 heteroatoms. The van der Waals surface area contributed by atoms with Crippen LogP contribution in [0.3, 0.4) is 0 Å². The van der Waals surface area contributed by atoms with Crippen LogP contribution >= 0.6 is 11.8 Å². The number of hydrogen-bond acceptors (Lipinski definition) is 5. The van der Waals surface area contributed by atoms with E-state index in [2.05, 4.69) is 4.40 Å². The van der Waals surface area contributed by atoms with Gasteiger partial charge < -0.3 is 4.74 Å². The van der Waals surface area contributed by atoms with Gasteiger partial charge >= 0.3 is 0 Å². The van der Waals surface area contributed by atoms with Crippen molar-refractivity contribution in [3.8, 4) is 5.75 Å². The molecule has 3 rings (SSSR count). The normalized spacial score (nSPS) is 19.2. The minimum atomic E-state index is -3.95. The zero-order valence-corrected chi connectivity index (χ0v) is 16.2. The third kappa shape index (κ3) is 3.34. The van der Waals surface area contributed by atoms with Crippen LogP contribution in [-0.4, -0.2) is 31.9 Å². The molecule has 0 bridgehead atoms. The summed E-state index contributed by atoms with van der Waals surface area (Å²) in [5, 5.41) is -0.319. The maximum Gasteiger partial charge on any atom is 0.285 e. The van der Waals surface area contributed by atoms with Gasteiger partial charge in [0.15, 0.2) is 5.17 Å². The van der Waals surface area contributed by atoms with Gasteiger partial charge in [0.2, 0.25) is 5.91 Å². The van der Waals surface area contributed by atoms with Crippen molar-refractivity contribution in [3.63, 3.8) is 0 Å². The minimum absolute atomic E-state index is 0.121. The third-order valence-corrected chi connectivity index (χ3v) is 6.52. The number of amidine groups is 1. The van der Waals surface area contributed by atoms with Crippen LogP contribution < -0.4 is 9.64 Å². The van der Waals surface area contributed by atoms with Crippen molar-refractivity contribution in [1.29, 1.82) is 0 Å². The summed E-state index contributed by atoms with van der Waals surface area (Å²) in [5.74, 6) is 0.231. The number of hydrogen-bond donors (Lipinski definition) is 0. The van der Waals surface area contributed by atoms with Crippen molar-refractivity contribution >= 4 is 38.5 Å². The smallest absolute Gasteiger partial charge is 0.285 e. The van der Waals surface area contributed by atoms with Crippen LogP contribution in [0, 0.1) is 6.92 Å². The Balaban J connectivity index is 2.12. The fourth-order valence-electron chi connectivity index (χ4n) is 2.63. The lowest BCUT2D eigenvalue weighted by Crippen LogP contribution is -2.32. The number of thioether (sulfide) groups is 1. The van der Waals surface area contributed by atoms with E-state index in [-0.39, 0.29) is 16.0 Å². The molecule has 1 heterocycles. The molecule has 0 saturated carbocycles. The number of anilines is 1. The van der Waals surface area contributed by atoms with E-state index in [1.807, 2.05) is 0 Å². The molecule has 1 fully saturated rings. The van der Waals surface area contributed by atoms with Gasteiger partial charge in [-0.05, 0) is 37.6 Å². The largest absolute Gasteiger partial charge is 0.495 e. The molecule has 26 heavy (non-hydrogen) atoms. The summed E-state index contributed by atoms with van der Waals surface area (Å²) in [6.45, 7) is 3.43. The highest BCUT2D eigenvalue weighted by Crippen LogP contribution is 2.37. The molecule has 1 aliphatic rings. The van der Waals surface area contributed by atoms with E-state index in [1.54, 1.807) is 56.3 Å². The van der Waals surface area contributed by atoms with Crippen LogP contribution in [0.5, 0.6) is 5.75 Å². The van der Waals surface area contributed by atoms with Crippen molar-refractivity contribution in [2.45, 2.75) is 24.0 Å². The molecule has 1 saturated heterocycles. The molecular formula is C18H18N2O4S2. The average molecular weight is 390 g/mol. The van der Waals surface area contributed by atoms with Gasteiger partial charge in [-0.15, -0.1) is 4.40 Å². The summed E-state index contributed by atoms with van der Waals surface area (Å²) in [6.07, 6.45) is 0. The Bertz CT molecular complexity index is 986. The van der Waals surface area contributed by atoms with E-state index in [1.165, 1.54) is 18.1 Å². The Morgan fingerprint density at radius 1 is 1.12 bits per heavy atom. The van der Waals surface area contributed by atoms with Crippen LogP contribution in [0.1, 0.15) is 12.5 Å². The Morgan fingerprint density at radius 3 is 2.46 bits per heavy atom. The van der Waals surface area contributed by atoms with E-state index in [9.17, 15) is 13.2 Å². The lowest BCUT2D eigenvalue weighted by molar-refractivity contribution is -0.116. The van der Waals surface area contributed by atoms with E-state index < -0.39 is 15.3 Å². The van der Waals surface area contributed by atoms with E-state index in [0.29, 0.717) is 17.0 Å². The molecule has 1 atom stereocenters. The number of sulfonamides is 1. The molecule has 2 aromatic rings. The molecule has 136 valence electrons. The molecule has 0 radical (unpaired) electrons. The van der Waals surface area contributed by atoms with Crippen LogP contribution in [-0.2, 0) is 14.8 Å². The summed E-state index contributed by atoms with van der Waals surface area (Å²) in [5.41, 5.74) is 1.07. The fraction of sp³-hybridized carbons (Fsp3) is 0.222. The molecule has 1 amide bonds. The molecule has 0 N–H and O–H groups in total. The molecule has 1 aliphatic heterocycles. The highest BCUT2D eigenvalue weighted by atomic mass is 32.2. The molecule has 2 aromatic carbocycles. The first kappa shape index (κ1) is 18.5. The van der Waals surface area contributed by atoms with Gasteiger partial charge in [0.1, 0.15) is 5.75 Å². The quantitative estimate of drug-likeness (QED) is 0.801. The highest BCUT2D eigenvalue weighted by molar-refractivity contribution is 8.16. The summed E-state index contributed by atoms with van der Waals surface area (Å²) in [7, 11) is -2.45. The number of nitrogens with zero attached hydrogens (tertiary/aromatic N) is 2. The maximum absolute atomic E-state index is 12.8. The maximum atomic E-state index is 12.8. The summed E-state index contributed by atoms with van der Waals surface area (Å²) in [6, 6.07) is 13.6. The number of ether oxygens (including phenoxy) is 1. The number of methoxy groups -OCH3 is 1. The lowest BCUT2D eigenvalue weighted by atomic mass is 10.2. The minimum Gasteiger partial charge on any atom is -0.495 e. The van der Waals surface area contributed by atoms with E-state index >= 15 is 0 Å². The number of carbonyl (C=O) groups is 1. The topological polar surface area (TPSA) is 76.0 Å². The third-order valence-electron chi connectivity index (χ3n) is 3.94. The van der Waals surface area contributed by atoms with Gasteiger partial charge in [0.25, 0.3) is 10.0 Å². The summed E-state index contributed by atoms with van der Waals surface area (Å²) < 4.78 is 34.9. The lowest BCUT2D eigenvalue weighted by Gasteiger charge is -2.19. The van der Waals surface area contributed by atoms with Gasteiger partial charge in [0.05, 0.1) is 22.9 Å². The second-order valence-electron chi connectivity index (χ2n) is 5.72. The number of rotatable bonds is 4. The zero-order valence-electron chi connectivity index (χ0n) is 14.5. The highest BCUT2D eigenvalue weighted by Gasteiger charge is 2.39. The Labute approximate surface area is 156 Å². The van der Waals surface area contributed by atoms with Crippen LogP contribution in [0.2, 0.25) is 0 Å². The molecular weight excluding hydrogens is 372 g/mol. The van der Waals surface area contributed by atoms with Crippen LogP contribution in [0.25, 0.3) is 0 Å². The molecule has 6 nitrogen and oxygen atoms in total. The number of carbonyl (C=O) groups excluding carboxylic acids is 1. The number of aryl methyl sites for hydroxylation is 1. The number of amides is 1. The zero-order chi connectivity index (χ0) is 18.9. The molecule has 0 aromatic heterocycles. The van der Waals surface area contributed by atoms with E-state index in [0.717, 1.165) is 11.8 Å². The second-order valence-corrected chi connectivity index (χ2v) is 8.60. The summed E-state index contributed by atoms with van der Waals surface area (Å²) >= 11 is 1.11. The number of para-hydroxylation sites is 2. The van der Waals surface area contributed by atoms with Crippen LogP contribution in [0.15, 0.2) is 57.8 Å². The Kier molecular flexibility index (Phi) is 5.06. The number of benzene rings is 2. The molecule has 1 unspecified atom stereocenters. The summed E-state index contributed by atoms with van der Waals surface area (Å²) in [4.78, 5) is 14.1. The van der Waals surface area contributed by atoms with Gasteiger partial charge in [-0.3, -0.25) is 9.69 Å². The van der Waals surface area contributed by atoms with Gasteiger partial charge in [0, 0.05) is 0 Å². The van der Waals surface area contributed by atoms with Crippen molar-refractivity contribution in [2.75, 3.05) is 12.0 Å². The van der Waals surface area contributed by atoms with Crippen molar-refractivity contribution in [3.05, 3.63) is 54.1 Å². The van der Waals surface area contributed by atoms with E-state index in [4.69, 9.17) is 4.74 Å². The first-order valence-electron chi connectivity index (χ1n) is 7.89. The fourth-order valence-corrected chi connectivity index (χ4v) is 5.03. The standard InChI is InChI=1S/C18H18N2O4S2/c1-12-8-4-7-11-16(12)26(22,23)19-18-20(17(21)13(2)25-18)14-9-5-6-10-15(14)24-3/h4-11,13H,1-3H3/b19-18-. The first-order valence-corrected chi connectivity index (χ1v) is 10.2. The monoisotopic (exact) mass is 390 g/mol. The predicted octanol–water partition coefficient (Wildman–Crippen LogP) is 3.22. The van der Waals surface area contributed by atoms with Crippen molar-refractivity contribution in [1.82, 2.24) is 0 Å².